The van der Waals surface area contributed by atoms with Crippen molar-refractivity contribution >= 4 is 17.1 Å². The van der Waals surface area contributed by atoms with Crippen LogP contribution in [0.1, 0.15) is 5.56 Å². The van der Waals surface area contributed by atoms with Crippen LogP contribution < -0.4 is 15.8 Å². The average Bonchev–Trinajstić information content (AvgIpc) is 2.48. The van der Waals surface area contributed by atoms with Crippen molar-refractivity contribution in [3.8, 4) is 5.75 Å². The number of nitrogens with two attached hydrogens (primary N) is 1. The van der Waals surface area contributed by atoms with E-state index in [0.717, 1.165) is 11.4 Å². The van der Waals surface area contributed by atoms with Gasteiger partial charge in [0.15, 0.2) is 0 Å². The van der Waals surface area contributed by atoms with Gasteiger partial charge >= 0.3 is 0 Å². The lowest BCUT2D eigenvalue weighted by Crippen LogP contribution is -2.10. The fourth-order valence-corrected chi connectivity index (χ4v) is 1.86. The summed E-state index contributed by atoms with van der Waals surface area (Å²) in [5.41, 5.74) is 7.60. The van der Waals surface area contributed by atoms with Crippen molar-refractivity contribution < 1.29 is 9.66 Å². The molecule has 0 unspecified atom stereocenters. The molecular weight excluding hydrogens is 270 g/mol. The van der Waals surface area contributed by atoms with E-state index in [1.165, 1.54) is 6.07 Å². The normalized spacial score (nSPS) is 10.2. The van der Waals surface area contributed by atoms with Crippen molar-refractivity contribution in [3.05, 3.63) is 58.1 Å². The zero-order chi connectivity index (χ0) is 15.2. The van der Waals surface area contributed by atoms with Gasteiger partial charge in [0, 0.05) is 29.5 Å². The number of hydrogen-bond acceptors (Lipinski definition) is 5. The molecule has 0 aliphatic heterocycles. The van der Waals surface area contributed by atoms with Crippen LogP contribution >= 0.6 is 0 Å². The summed E-state index contributed by atoms with van der Waals surface area (Å²) >= 11 is 0. The Balaban J connectivity index is 2.11. The molecule has 0 radical (unpaired) electrons. The maximum atomic E-state index is 10.9. The summed E-state index contributed by atoms with van der Waals surface area (Å²) in [6.45, 7) is 2.65. The molecule has 3 N–H and O–H groups in total. The standard InChI is InChI=1S/C15H17N3O3/c1-11-2-3-13(10-15(11)18(19)20)17-12-4-6-14(7-5-12)21-9-8-16/h2-7,10,17H,8-9,16H2,1H3. The Labute approximate surface area is 122 Å². The summed E-state index contributed by atoms with van der Waals surface area (Å²) in [6.07, 6.45) is 0. The van der Waals surface area contributed by atoms with Crippen LogP contribution in [0.2, 0.25) is 0 Å². The number of benzene rings is 2. The molecule has 2 rings (SSSR count). The number of anilines is 2. The van der Waals surface area contributed by atoms with Crippen molar-refractivity contribution in [2.24, 2.45) is 5.73 Å². The Bertz CT molecular complexity index is 627. The van der Waals surface area contributed by atoms with E-state index in [2.05, 4.69) is 5.32 Å². The first-order valence-electron chi connectivity index (χ1n) is 6.55. The van der Waals surface area contributed by atoms with Crippen LogP contribution in [0, 0.1) is 17.0 Å². The van der Waals surface area contributed by atoms with E-state index in [4.69, 9.17) is 10.5 Å². The molecular formula is C15H17N3O3. The summed E-state index contributed by atoms with van der Waals surface area (Å²) in [5.74, 6) is 0.737. The van der Waals surface area contributed by atoms with E-state index in [1.807, 2.05) is 24.3 Å². The van der Waals surface area contributed by atoms with Gasteiger partial charge in [-0.2, -0.15) is 0 Å². The molecule has 2 aromatic rings. The quantitative estimate of drug-likeness (QED) is 0.629. The van der Waals surface area contributed by atoms with Gasteiger partial charge in [0.25, 0.3) is 5.69 Å². The van der Waals surface area contributed by atoms with Gasteiger partial charge in [0.2, 0.25) is 0 Å². The number of rotatable bonds is 6. The van der Waals surface area contributed by atoms with Crippen molar-refractivity contribution in [2.75, 3.05) is 18.5 Å². The number of ether oxygens (including phenoxy) is 1. The second-order valence-corrected chi connectivity index (χ2v) is 4.54. The zero-order valence-electron chi connectivity index (χ0n) is 11.7. The summed E-state index contributed by atoms with van der Waals surface area (Å²) in [6, 6.07) is 12.4. The molecule has 0 saturated heterocycles. The van der Waals surface area contributed by atoms with Crippen LogP contribution in [0.15, 0.2) is 42.5 Å². The summed E-state index contributed by atoms with van der Waals surface area (Å²) in [5, 5.41) is 14.0. The van der Waals surface area contributed by atoms with Gasteiger partial charge in [0.05, 0.1) is 4.92 Å². The number of aryl methyl sites for hydroxylation is 1. The molecule has 6 heteroatoms. The fourth-order valence-electron chi connectivity index (χ4n) is 1.86. The topological polar surface area (TPSA) is 90.4 Å². The molecule has 0 atom stereocenters. The molecule has 0 amide bonds. The maximum Gasteiger partial charge on any atom is 0.274 e. The predicted octanol–water partition coefficient (Wildman–Crippen LogP) is 2.98. The Kier molecular flexibility index (Phi) is 4.73. The van der Waals surface area contributed by atoms with Gasteiger partial charge in [-0.1, -0.05) is 6.07 Å². The fraction of sp³-hybridized carbons (Fsp3) is 0.200. The highest BCUT2D eigenvalue weighted by molar-refractivity contribution is 5.64. The summed E-state index contributed by atoms with van der Waals surface area (Å²) < 4.78 is 5.38. The Morgan fingerprint density at radius 2 is 1.86 bits per heavy atom. The molecule has 0 aliphatic carbocycles. The predicted molar refractivity (Wildman–Crippen MR) is 82.1 cm³/mol. The summed E-state index contributed by atoms with van der Waals surface area (Å²) in [4.78, 5) is 10.5. The maximum absolute atomic E-state index is 10.9. The van der Waals surface area contributed by atoms with Gasteiger partial charge in [-0.3, -0.25) is 10.1 Å². The molecule has 0 fully saturated rings. The number of hydrogen-bond donors (Lipinski definition) is 2. The lowest BCUT2D eigenvalue weighted by Gasteiger charge is -2.09. The summed E-state index contributed by atoms with van der Waals surface area (Å²) in [7, 11) is 0. The smallest absolute Gasteiger partial charge is 0.274 e. The molecule has 0 aliphatic rings. The van der Waals surface area contributed by atoms with E-state index in [1.54, 1.807) is 19.1 Å². The first-order valence-corrected chi connectivity index (χ1v) is 6.55. The van der Waals surface area contributed by atoms with E-state index in [-0.39, 0.29) is 10.6 Å². The highest BCUT2D eigenvalue weighted by Gasteiger charge is 2.10. The van der Waals surface area contributed by atoms with Crippen LogP contribution in [0.3, 0.4) is 0 Å². The SMILES string of the molecule is Cc1ccc(Nc2ccc(OCCN)cc2)cc1[N+](=O)[O-]. The average molecular weight is 287 g/mol. The van der Waals surface area contributed by atoms with Gasteiger partial charge in [-0.05, 0) is 37.3 Å². The highest BCUT2D eigenvalue weighted by atomic mass is 16.6. The van der Waals surface area contributed by atoms with E-state index in [9.17, 15) is 10.1 Å². The minimum absolute atomic E-state index is 0.0999. The first-order chi connectivity index (χ1) is 10.1. The molecule has 110 valence electrons. The molecule has 2 aromatic carbocycles. The number of nitrogens with one attached hydrogen (secondary N) is 1. The molecule has 0 heterocycles. The minimum Gasteiger partial charge on any atom is -0.492 e. The van der Waals surface area contributed by atoms with E-state index < -0.39 is 0 Å². The number of nitro groups is 1. The highest BCUT2D eigenvalue weighted by Crippen LogP contribution is 2.25. The van der Waals surface area contributed by atoms with Crippen molar-refractivity contribution in [2.45, 2.75) is 6.92 Å². The van der Waals surface area contributed by atoms with E-state index in [0.29, 0.717) is 24.4 Å². The first kappa shape index (κ1) is 14.8. The monoisotopic (exact) mass is 287 g/mol. The van der Waals surface area contributed by atoms with Crippen LogP contribution in [0.4, 0.5) is 17.1 Å². The van der Waals surface area contributed by atoms with Gasteiger partial charge in [-0.15, -0.1) is 0 Å². The van der Waals surface area contributed by atoms with Crippen LogP contribution in [-0.4, -0.2) is 18.1 Å². The van der Waals surface area contributed by atoms with Crippen molar-refractivity contribution in [1.82, 2.24) is 0 Å². The number of nitrogens with zero attached hydrogens (tertiary/aromatic N) is 1. The lowest BCUT2D eigenvalue weighted by molar-refractivity contribution is -0.385. The lowest BCUT2D eigenvalue weighted by atomic mass is 10.2. The molecule has 0 aromatic heterocycles. The molecule has 6 nitrogen and oxygen atoms in total. The number of nitro benzene ring substituents is 1. The largest absolute Gasteiger partial charge is 0.492 e. The Hall–Kier alpha value is -2.60. The van der Waals surface area contributed by atoms with Gasteiger partial charge in [-0.25, -0.2) is 0 Å². The van der Waals surface area contributed by atoms with Crippen LogP contribution in [-0.2, 0) is 0 Å². The molecule has 21 heavy (non-hydrogen) atoms. The third kappa shape index (κ3) is 3.93. The second-order valence-electron chi connectivity index (χ2n) is 4.54. The molecule has 0 bridgehead atoms. The molecule has 0 saturated carbocycles. The third-order valence-corrected chi connectivity index (χ3v) is 2.94. The van der Waals surface area contributed by atoms with Gasteiger partial charge < -0.3 is 15.8 Å². The van der Waals surface area contributed by atoms with Crippen LogP contribution in [0.25, 0.3) is 0 Å². The van der Waals surface area contributed by atoms with Gasteiger partial charge in [0.1, 0.15) is 12.4 Å². The van der Waals surface area contributed by atoms with Crippen molar-refractivity contribution in [1.29, 1.82) is 0 Å². The van der Waals surface area contributed by atoms with Crippen LogP contribution in [0.5, 0.6) is 5.75 Å². The minimum atomic E-state index is -0.385. The Morgan fingerprint density at radius 1 is 1.19 bits per heavy atom. The second kappa shape index (κ2) is 6.71. The zero-order valence-corrected chi connectivity index (χ0v) is 11.7. The molecule has 0 spiro atoms. The van der Waals surface area contributed by atoms with E-state index >= 15 is 0 Å². The third-order valence-electron chi connectivity index (χ3n) is 2.94. The Morgan fingerprint density at radius 3 is 2.48 bits per heavy atom. The van der Waals surface area contributed by atoms with Crippen molar-refractivity contribution in [3.63, 3.8) is 0 Å².